The summed E-state index contributed by atoms with van der Waals surface area (Å²) in [7, 11) is 0. The van der Waals surface area contributed by atoms with Crippen molar-refractivity contribution in [1.82, 2.24) is 9.38 Å². The topological polar surface area (TPSA) is 43.3 Å². The van der Waals surface area contributed by atoms with Gasteiger partial charge in [-0.3, -0.25) is 4.40 Å². The molecule has 2 heterocycles. The van der Waals surface area contributed by atoms with Gasteiger partial charge in [0.25, 0.3) is 0 Å². The van der Waals surface area contributed by atoms with Gasteiger partial charge in [-0.05, 0) is 23.8 Å². The van der Waals surface area contributed by atoms with Crippen molar-refractivity contribution in [3.8, 4) is 11.4 Å². The summed E-state index contributed by atoms with van der Waals surface area (Å²) in [4.78, 5) is 4.27. The first-order valence-electron chi connectivity index (χ1n) is 6.33. The lowest BCUT2D eigenvalue weighted by molar-refractivity contribution is -0.137. The number of pyridine rings is 1. The Kier molecular flexibility index (Phi) is 3.17. The maximum Gasteiger partial charge on any atom is 0.416 e. The lowest BCUT2D eigenvalue weighted by Crippen LogP contribution is -2.04. The van der Waals surface area contributed by atoms with Crippen LogP contribution >= 0.6 is 0 Å². The molecule has 1 aromatic carbocycles. The number of imidazole rings is 1. The minimum absolute atomic E-state index is 0.389. The van der Waals surface area contributed by atoms with Crippen molar-refractivity contribution in [3.63, 3.8) is 0 Å². The van der Waals surface area contributed by atoms with E-state index in [0.717, 1.165) is 23.2 Å². The van der Waals surface area contributed by atoms with Crippen molar-refractivity contribution in [2.75, 3.05) is 0 Å². The molecule has 0 radical (unpaired) electrons. The fraction of sp³-hybridized carbons (Fsp3) is 0.133. The third kappa shape index (κ3) is 2.50. The van der Waals surface area contributed by atoms with Gasteiger partial charge in [-0.15, -0.1) is 0 Å². The normalized spacial score (nSPS) is 12.0. The van der Waals surface area contributed by atoms with Crippen LogP contribution in [-0.4, -0.2) is 9.38 Å². The standard InChI is InChI=1S/C15H12F3N3/c16-15(17,18)12-4-2-11(3-5-12)14-20-8-13-6-1-10(7-19)9-21(13)14/h1-6,8-9H,7,19H2. The number of rotatable bonds is 2. The highest BCUT2D eigenvalue weighted by atomic mass is 19.4. The zero-order chi connectivity index (χ0) is 15.0. The van der Waals surface area contributed by atoms with Crippen molar-refractivity contribution in [2.45, 2.75) is 12.7 Å². The van der Waals surface area contributed by atoms with Gasteiger partial charge in [-0.25, -0.2) is 4.98 Å². The number of nitrogens with zero attached hydrogens (tertiary/aromatic N) is 2. The summed E-state index contributed by atoms with van der Waals surface area (Å²) in [6.45, 7) is 0.389. The predicted octanol–water partition coefficient (Wildman–Crippen LogP) is 3.48. The molecular weight excluding hydrogens is 279 g/mol. The van der Waals surface area contributed by atoms with Crippen LogP contribution in [0.4, 0.5) is 13.2 Å². The maximum absolute atomic E-state index is 12.6. The average molecular weight is 291 g/mol. The van der Waals surface area contributed by atoms with Crippen LogP contribution in [0.15, 0.2) is 48.8 Å². The number of fused-ring (bicyclic) bond motifs is 1. The Hall–Kier alpha value is -2.34. The molecule has 2 N–H and O–H groups in total. The SMILES string of the molecule is NCc1ccc2cnc(-c3ccc(C(F)(F)F)cc3)n2c1. The number of hydrogen-bond donors (Lipinski definition) is 1. The van der Waals surface area contributed by atoms with Gasteiger partial charge in [0.1, 0.15) is 5.82 Å². The quantitative estimate of drug-likeness (QED) is 0.785. The molecule has 0 spiro atoms. The first-order chi connectivity index (χ1) is 9.99. The zero-order valence-corrected chi connectivity index (χ0v) is 10.9. The Morgan fingerprint density at radius 2 is 1.76 bits per heavy atom. The Bertz CT molecular complexity index is 773. The van der Waals surface area contributed by atoms with Crippen LogP contribution in [-0.2, 0) is 12.7 Å². The fourth-order valence-corrected chi connectivity index (χ4v) is 2.18. The van der Waals surface area contributed by atoms with Gasteiger partial charge < -0.3 is 5.73 Å². The van der Waals surface area contributed by atoms with Gasteiger partial charge in [-0.2, -0.15) is 13.2 Å². The molecule has 3 nitrogen and oxygen atoms in total. The summed E-state index contributed by atoms with van der Waals surface area (Å²) in [6.07, 6.45) is -0.817. The van der Waals surface area contributed by atoms with E-state index in [9.17, 15) is 13.2 Å². The predicted molar refractivity (Wildman–Crippen MR) is 73.5 cm³/mol. The summed E-state index contributed by atoms with van der Waals surface area (Å²) in [6, 6.07) is 8.74. The first kappa shape index (κ1) is 13.6. The van der Waals surface area contributed by atoms with E-state index >= 15 is 0 Å². The second-order valence-corrected chi connectivity index (χ2v) is 4.69. The van der Waals surface area contributed by atoms with E-state index in [1.165, 1.54) is 12.1 Å². The lowest BCUT2D eigenvalue weighted by atomic mass is 10.1. The molecule has 0 fully saturated rings. The van der Waals surface area contributed by atoms with Crippen LogP contribution in [0.1, 0.15) is 11.1 Å². The summed E-state index contributed by atoms with van der Waals surface area (Å²) in [5, 5.41) is 0. The van der Waals surface area contributed by atoms with Crippen LogP contribution in [0.5, 0.6) is 0 Å². The molecule has 0 amide bonds. The Morgan fingerprint density at radius 3 is 2.38 bits per heavy atom. The van der Waals surface area contributed by atoms with Gasteiger partial charge in [0, 0.05) is 18.3 Å². The van der Waals surface area contributed by atoms with Gasteiger partial charge in [-0.1, -0.05) is 18.2 Å². The van der Waals surface area contributed by atoms with E-state index in [-0.39, 0.29) is 0 Å². The minimum Gasteiger partial charge on any atom is -0.326 e. The number of aromatic nitrogens is 2. The van der Waals surface area contributed by atoms with Gasteiger partial charge in [0.05, 0.1) is 17.3 Å². The van der Waals surface area contributed by atoms with E-state index in [2.05, 4.69) is 4.98 Å². The Morgan fingerprint density at radius 1 is 1.05 bits per heavy atom. The molecule has 0 atom stereocenters. The van der Waals surface area contributed by atoms with Crippen LogP contribution in [0, 0.1) is 0 Å². The van der Waals surface area contributed by atoms with E-state index in [1.807, 2.05) is 22.7 Å². The monoisotopic (exact) mass is 291 g/mol. The van der Waals surface area contributed by atoms with E-state index in [4.69, 9.17) is 5.73 Å². The highest BCUT2D eigenvalue weighted by Gasteiger charge is 2.30. The smallest absolute Gasteiger partial charge is 0.326 e. The fourth-order valence-electron chi connectivity index (χ4n) is 2.18. The lowest BCUT2D eigenvalue weighted by Gasteiger charge is -2.08. The third-order valence-electron chi connectivity index (χ3n) is 3.29. The molecule has 0 aliphatic carbocycles. The number of benzene rings is 1. The molecule has 0 aliphatic heterocycles. The molecule has 0 aliphatic rings. The molecule has 2 aromatic heterocycles. The molecular formula is C15H12F3N3. The summed E-state index contributed by atoms with van der Waals surface area (Å²) < 4.78 is 39.6. The van der Waals surface area contributed by atoms with Crippen molar-refractivity contribution in [3.05, 3.63) is 59.9 Å². The van der Waals surface area contributed by atoms with Crippen molar-refractivity contribution in [1.29, 1.82) is 0 Å². The number of hydrogen-bond acceptors (Lipinski definition) is 2. The second kappa shape index (κ2) is 4.89. The molecule has 21 heavy (non-hydrogen) atoms. The summed E-state index contributed by atoms with van der Waals surface area (Å²) in [5.41, 5.74) is 7.35. The molecule has 108 valence electrons. The Labute approximate surface area is 118 Å². The third-order valence-corrected chi connectivity index (χ3v) is 3.29. The van der Waals surface area contributed by atoms with Crippen LogP contribution < -0.4 is 5.73 Å². The largest absolute Gasteiger partial charge is 0.416 e. The highest BCUT2D eigenvalue weighted by molar-refractivity contribution is 5.63. The maximum atomic E-state index is 12.6. The number of nitrogens with two attached hydrogens (primary N) is 1. The number of halogens is 3. The first-order valence-corrected chi connectivity index (χ1v) is 6.33. The van der Waals surface area contributed by atoms with Crippen LogP contribution in [0.2, 0.25) is 0 Å². The van der Waals surface area contributed by atoms with Crippen LogP contribution in [0.25, 0.3) is 16.9 Å². The highest BCUT2D eigenvalue weighted by Crippen LogP contribution is 2.30. The molecule has 3 aromatic rings. The van der Waals surface area contributed by atoms with E-state index in [0.29, 0.717) is 17.9 Å². The number of alkyl halides is 3. The van der Waals surface area contributed by atoms with Gasteiger partial charge >= 0.3 is 6.18 Å². The molecule has 3 rings (SSSR count). The molecule has 0 unspecified atom stereocenters. The molecule has 6 heteroatoms. The Balaban J connectivity index is 2.08. The molecule has 0 saturated heterocycles. The molecule has 0 bridgehead atoms. The second-order valence-electron chi connectivity index (χ2n) is 4.69. The van der Waals surface area contributed by atoms with Crippen molar-refractivity contribution >= 4 is 5.52 Å². The summed E-state index contributed by atoms with van der Waals surface area (Å²) >= 11 is 0. The van der Waals surface area contributed by atoms with Gasteiger partial charge in [0.15, 0.2) is 0 Å². The minimum atomic E-state index is -4.33. The molecule has 0 saturated carbocycles. The average Bonchev–Trinajstić information content (AvgIpc) is 2.89. The zero-order valence-electron chi connectivity index (χ0n) is 10.9. The van der Waals surface area contributed by atoms with Crippen molar-refractivity contribution in [2.24, 2.45) is 5.73 Å². The summed E-state index contributed by atoms with van der Waals surface area (Å²) in [5.74, 6) is 0.592. The van der Waals surface area contributed by atoms with E-state index in [1.54, 1.807) is 6.20 Å². The van der Waals surface area contributed by atoms with Gasteiger partial charge in [0.2, 0.25) is 0 Å². The van der Waals surface area contributed by atoms with E-state index < -0.39 is 11.7 Å². The van der Waals surface area contributed by atoms with Crippen LogP contribution in [0.3, 0.4) is 0 Å². The van der Waals surface area contributed by atoms with Crippen molar-refractivity contribution < 1.29 is 13.2 Å².